The molecule has 0 bridgehead atoms. The van der Waals surface area contributed by atoms with Crippen LogP contribution in [0.25, 0.3) is 10.9 Å². The van der Waals surface area contributed by atoms with Gasteiger partial charge in [0.25, 0.3) is 0 Å². The van der Waals surface area contributed by atoms with Gasteiger partial charge in [-0.15, -0.1) is 11.8 Å². The summed E-state index contributed by atoms with van der Waals surface area (Å²) in [6.07, 6.45) is 5.38. The van der Waals surface area contributed by atoms with Crippen LogP contribution in [0, 0.1) is 0 Å². The number of H-pyrrole nitrogens is 1. The lowest BCUT2D eigenvalue weighted by Gasteiger charge is -2.25. The number of aromatic nitrogens is 1. The van der Waals surface area contributed by atoms with E-state index in [9.17, 15) is 0 Å². The Kier molecular flexibility index (Phi) is 4.32. The number of rotatable bonds is 5. The molecule has 1 aliphatic rings. The largest absolute Gasteiger partial charge is 0.361 e. The molecule has 0 saturated heterocycles. The minimum absolute atomic E-state index is 0.349. The predicted molar refractivity (Wildman–Crippen MR) is 103 cm³/mol. The highest BCUT2D eigenvalue weighted by atomic mass is 32.2. The van der Waals surface area contributed by atoms with Crippen molar-refractivity contribution in [2.24, 2.45) is 5.73 Å². The van der Waals surface area contributed by atoms with Crippen LogP contribution < -0.4 is 5.73 Å². The normalized spacial score (nSPS) is 17.0. The third-order valence-corrected chi connectivity index (χ3v) is 5.63. The number of fused-ring (bicyclic) bond motifs is 1. The van der Waals surface area contributed by atoms with E-state index >= 15 is 0 Å². The van der Waals surface area contributed by atoms with E-state index in [0.29, 0.717) is 11.9 Å². The Bertz CT molecular complexity index is 868. The van der Waals surface area contributed by atoms with Gasteiger partial charge in [0.15, 0.2) is 0 Å². The fourth-order valence-electron chi connectivity index (χ4n) is 3.27. The average molecular weight is 335 g/mol. The molecule has 0 radical (unpaired) electrons. The van der Waals surface area contributed by atoms with Gasteiger partial charge in [0, 0.05) is 36.4 Å². The van der Waals surface area contributed by atoms with Crippen LogP contribution in [0.2, 0.25) is 0 Å². The van der Waals surface area contributed by atoms with Crippen LogP contribution in [0.5, 0.6) is 0 Å². The quantitative estimate of drug-likeness (QED) is 0.727. The molecule has 2 heterocycles. The Morgan fingerprint density at radius 3 is 2.96 bits per heavy atom. The molecule has 4 rings (SSSR count). The molecule has 4 heteroatoms. The minimum Gasteiger partial charge on any atom is -0.361 e. The first-order valence-corrected chi connectivity index (χ1v) is 9.21. The molecular weight excluding hydrogens is 314 g/mol. The third kappa shape index (κ3) is 2.95. The molecule has 24 heavy (non-hydrogen) atoms. The molecule has 1 aliphatic heterocycles. The molecule has 1 aromatic heterocycles. The second kappa shape index (κ2) is 6.75. The number of nitrogens with two attached hydrogens (primary N) is 1. The monoisotopic (exact) mass is 335 g/mol. The van der Waals surface area contributed by atoms with Crippen LogP contribution in [-0.2, 0) is 13.0 Å². The highest BCUT2D eigenvalue weighted by Crippen LogP contribution is 2.39. The lowest BCUT2D eigenvalue weighted by Crippen LogP contribution is -2.21. The molecule has 2 aromatic carbocycles. The maximum Gasteiger partial charge on any atom is 0.104 e. The molecule has 3 N–H and O–H groups in total. The van der Waals surface area contributed by atoms with E-state index in [-0.39, 0.29) is 0 Å². The fraction of sp³-hybridized carbons (Fsp3) is 0.200. The molecule has 1 unspecified atom stereocenters. The first kappa shape index (κ1) is 15.4. The van der Waals surface area contributed by atoms with E-state index in [0.717, 1.165) is 13.0 Å². The number of benzene rings is 2. The molecule has 3 nitrogen and oxygen atoms in total. The Hall–Kier alpha value is -2.17. The smallest absolute Gasteiger partial charge is 0.104 e. The summed E-state index contributed by atoms with van der Waals surface area (Å²) in [6, 6.07) is 17.1. The lowest BCUT2D eigenvalue weighted by molar-refractivity contribution is 0.372. The number of aromatic amines is 1. The SMILES string of the molecule is NCc1cccc(C2SC=CN2CCc2c[nH]c3ccccc23)c1. The Morgan fingerprint density at radius 2 is 2.04 bits per heavy atom. The van der Waals surface area contributed by atoms with Gasteiger partial charge in [-0.2, -0.15) is 0 Å². The zero-order chi connectivity index (χ0) is 16.4. The van der Waals surface area contributed by atoms with Crippen molar-refractivity contribution in [3.63, 3.8) is 0 Å². The maximum absolute atomic E-state index is 5.79. The first-order chi connectivity index (χ1) is 11.8. The van der Waals surface area contributed by atoms with Crippen LogP contribution in [0.4, 0.5) is 0 Å². The molecule has 3 aromatic rings. The molecular formula is C20H21N3S. The summed E-state index contributed by atoms with van der Waals surface area (Å²) in [7, 11) is 0. The number of para-hydroxylation sites is 1. The van der Waals surface area contributed by atoms with Gasteiger partial charge in [-0.3, -0.25) is 0 Å². The van der Waals surface area contributed by atoms with E-state index in [4.69, 9.17) is 5.73 Å². The van der Waals surface area contributed by atoms with E-state index < -0.39 is 0 Å². The van der Waals surface area contributed by atoms with Gasteiger partial charge in [-0.05, 0) is 34.6 Å². The van der Waals surface area contributed by atoms with E-state index in [1.54, 1.807) is 0 Å². The summed E-state index contributed by atoms with van der Waals surface area (Å²) in [5, 5.41) is 3.87. The molecule has 0 spiro atoms. The average Bonchev–Trinajstić information content (AvgIpc) is 3.27. The van der Waals surface area contributed by atoms with Crippen molar-refractivity contribution < 1.29 is 0 Å². The van der Waals surface area contributed by atoms with Gasteiger partial charge in [0.2, 0.25) is 0 Å². The maximum atomic E-state index is 5.79. The summed E-state index contributed by atoms with van der Waals surface area (Å²) in [4.78, 5) is 5.78. The third-order valence-electron chi connectivity index (χ3n) is 4.55. The van der Waals surface area contributed by atoms with Gasteiger partial charge in [-0.25, -0.2) is 0 Å². The van der Waals surface area contributed by atoms with Crippen LogP contribution in [0.15, 0.2) is 66.3 Å². The minimum atomic E-state index is 0.349. The standard InChI is InChI=1S/C20H21N3S/c21-13-15-4-3-5-16(12-15)20-23(10-11-24-20)9-8-17-14-22-19-7-2-1-6-18(17)19/h1-7,10-12,14,20,22H,8-9,13,21H2. The van der Waals surface area contributed by atoms with Crippen molar-refractivity contribution in [1.82, 2.24) is 9.88 Å². The molecule has 0 saturated carbocycles. The highest BCUT2D eigenvalue weighted by Gasteiger charge is 2.22. The van der Waals surface area contributed by atoms with Crippen molar-refractivity contribution in [1.29, 1.82) is 0 Å². The number of nitrogens with one attached hydrogen (secondary N) is 1. The number of thioether (sulfide) groups is 1. The Labute approximate surface area is 146 Å². The van der Waals surface area contributed by atoms with Crippen LogP contribution >= 0.6 is 11.8 Å². The second-order valence-electron chi connectivity index (χ2n) is 6.07. The van der Waals surface area contributed by atoms with Gasteiger partial charge >= 0.3 is 0 Å². The van der Waals surface area contributed by atoms with Crippen molar-refractivity contribution >= 4 is 22.7 Å². The van der Waals surface area contributed by atoms with Crippen LogP contribution in [0.1, 0.15) is 22.1 Å². The summed E-state index contributed by atoms with van der Waals surface area (Å²) in [5.41, 5.74) is 10.9. The number of hydrogen-bond acceptors (Lipinski definition) is 3. The summed E-state index contributed by atoms with van der Waals surface area (Å²) in [5.74, 6) is 0. The fourth-order valence-corrected chi connectivity index (χ4v) is 4.28. The molecule has 122 valence electrons. The second-order valence-corrected chi connectivity index (χ2v) is 7.06. The lowest BCUT2D eigenvalue weighted by atomic mass is 10.1. The van der Waals surface area contributed by atoms with Crippen LogP contribution in [-0.4, -0.2) is 16.4 Å². The zero-order valence-electron chi connectivity index (χ0n) is 13.5. The van der Waals surface area contributed by atoms with Crippen molar-refractivity contribution in [2.45, 2.75) is 18.3 Å². The van der Waals surface area contributed by atoms with E-state index in [1.807, 2.05) is 11.8 Å². The van der Waals surface area contributed by atoms with Crippen molar-refractivity contribution in [3.8, 4) is 0 Å². The molecule has 0 fully saturated rings. The van der Waals surface area contributed by atoms with Gasteiger partial charge in [-0.1, -0.05) is 42.5 Å². The Morgan fingerprint density at radius 1 is 1.12 bits per heavy atom. The van der Waals surface area contributed by atoms with Crippen molar-refractivity contribution in [2.75, 3.05) is 6.54 Å². The summed E-state index contributed by atoms with van der Waals surface area (Å²) >= 11 is 1.86. The highest BCUT2D eigenvalue weighted by molar-refractivity contribution is 8.02. The number of nitrogens with zero attached hydrogens (tertiary/aromatic N) is 1. The van der Waals surface area contributed by atoms with Crippen molar-refractivity contribution in [3.05, 3.63) is 83.0 Å². The molecule has 1 atom stereocenters. The Balaban J connectivity index is 1.50. The topological polar surface area (TPSA) is 45.0 Å². The summed E-state index contributed by atoms with van der Waals surface area (Å²) < 4.78 is 0. The first-order valence-electron chi connectivity index (χ1n) is 8.27. The van der Waals surface area contributed by atoms with Gasteiger partial charge in [0.05, 0.1) is 0 Å². The zero-order valence-corrected chi connectivity index (χ0v) is 14.3. The van der Waals surface area contributed by atoms with Gasteiger partial charge < -0.3 is 15.6 Å². The molecule has 0 aliphatic carbocycles. The van der Waals surface area contributed by atoms with Crippen LogP contribution in [0.3, 0.4) is 0 Å². The van der Waals surface area contributed by atoms with E-state index in [1.165, 1.54) is 27.6 Å². The summed E-state index contributed by atoms with van der Waals surface area (Å²) in [6.45, 7) is 1.59. The molecule has 0 amide bonds. The predicted octanol–water partition coefficient (Wildman–Crippen LogP) is 4.39. The van der Waals surface area contributed by atoms with E-state index in [2.05, 4.69) is 76.2 Å². The van der Waals surface area contributed by atoms with Gasteiger partial charge in [0.1, 0.15) is 5.37 Å². The number of hydrogen-bond donors (Lipinski definition) is 2.